The SMILES string of the molecule is COc1cc2c(cc1OC)C(=O)[C@@H](N1CCCCC1)CCC2. The van der Waals surface area contributed by atoms with Crippen LogP contribution in [0.3, 0.4) is 0 Å². The van der Waals surface area contributed by atoms with E-state index in [2.05, 4.69) is 4.90 Å². The fourth-order valence-corrected chi connectivity index (χ4v) is 3.73. The van der Waals surface area contributed by atoms with E-state index >= 15 is 0 Å². The molecule has 120 valence electrons. The van der Waals surface area contributed by atoms with Gasteiger partial charge in [-0.25, -0.2) is 0 Å². The molecular formula is C18H25NO3. The first-order valence-corrected chi connectivity index (χ1v) is 8.27. The number of benzene rings is 1. The predicted molar refractivity (Wildman–Crippen MR) is 86.0 cm³/mol. The highest BCUT2D eigenvalue weighted by molar-refractivity contribution is 6.02. The lowest BCUT2D eigenvalue weighted by Crippen LogP contribution is -2.43. The lowest BCUT2D eigenvalue weighted by molar-refractivity contribution is 0.0772. The zero-order chi connectivity index (χ0) is 15.5. The van der Waals surface area contributed by atoms with Gasteiger partial charge in [-0.3, -0.25) is 9.69 Å². The van der Waals surface area contributed by atoms with Gasteiger partial charge >= 0.3 is 0 Å². The number of ketones is 1. The summed E-state index contributed by atoms with van der Waals surface area (Å²) >= 11 is 0. The van der Waals surface area contributed by atoms with E-state index in [1.165, 1.54) is 19.3 Å². The van der Waals surface area contributed by atoms with E-state index in [1.54, 1.807) is 14.2 Å². The Morgan fingerprint density at radius 2 is 1.68 bits per heavy atom. The summed E-state index contributed by atoms with van der Waals surface area (Å²) in [4.78, 5) is 15.5. The van der Waals surface area contributed by atoms with Gasteiger partial charge in [0.05, 0.1) is 20.3 Å². The van der Waals surface area contributed by atoms with Crippen LogP contribution in [0.2, 0.25) is 0 Å². The Balaban J connectivity index is 1.94. The molecule has 0 N–H and O–H groups in total. The molecule has 1 aliphatic carbocycles. The molecule has 1 saturated heterocycles. The van der Waals surface area contributed by atoms with Gasteiger partial charge in [-0.05, 0) is 62.9 Å². The molecule has 1 aliphatic heterocycles. The molecule has 0 amide bonds. The zero-order valence-electron chi connectivity index (χ0n) is 13.6. The molecule has 0 spiro atoms. The lowest BCUT2D eigenvalue weighted by atomic mass is 9.97. The minimum absolute atomic E-state index is 0.0413. The van der Waals surface area contributed by atoms with Gasteiger partial charge in [0.1, 0.15) is 0 Å². The van der Waals surface area contributed by atoms with Crippen molar-refractivity contribution in [2.24, 2.45) is 0 Å². The van der Waals surface area contributed by atoms with E-state index in [-0.39, 0.29) is 11.8 Å². The van der Waals surface area contributed by atoms with Gasteiger partial charge in [0.25, 0.3) is 0 Å². The number of carbonyl (C=O) groups excluding carboxylic acids is 1. The smallest absolute Gasteiger partial charge is 0.180 e. The number of likely N-dealkylation sites (tertiary alicyclic amines) is 1. The Bertz CT molecular complexity index is 550. The summed E-state index contributed by atoms with van der Waals surface area (Å²) in [5.74, 6) is 1.62. The van der Waals surface area contributed by atoms with Gasteiger partial charge in [0.15, 0.2) is 17.3 Å². The van der Waals surface area contributed by atoms with Crippen molar-refractivity contribution in [3.8, 4) is 11.5 Å². The van der Waals surface area contributed by atoms with Crippen molar-refractivity contribution < 1.29 is 14.3 Å². The first-order valence-electron chi connectivity index (χ1n) is 8.27. The molecule has 3 rings (SSSR count). The molecule has 4 nitrogen and oxygen atoms in total. The van der Waals surface area contributed by atoms with E-state index in [0.29, 0.717) is 11.5 Å². The van der Waals surface area contributed by atoms with Crippen LogP contribution in [-0.4, -0.2) is 44.0 Å². The second kappa shape index (κ2) is 6.69. The Labute approximate surface area is 132 Å². The maximum atomic E-state index is 13.1. The van der Waals surface area contributed by atoms with Crippen molar-refractivity contribution in [3.05, 3.63) is 23.3 Å². The quantitative estimate of drug-likeness (QED) is 0.804. The van der Waals surface area contributed by atoms with Crippen LogP contribution in [0.15, 0.2) is 12.1 Å². The van der Waals surface area contributed by atoms with Gasteiger partial charge in [-0.15, -0.1) is 0 Å². The van der Waals surface area contributed by atoms with Crippen molar-refractivity contribution in [2.75, 3.05) is 27.3 Å². The summed E-state index contributed by atoms with van der Waals surface area (Å²) < 4.78 is 10.8. The van der Waals surface area contributed by atoms with Crippen LogP contribution in [0.1, 0.15) is 48.0 Å². The topological polar surface area (TPSA) is 38.8 Å². The largest absolute Gasteiger partial charge is 0.493 e. The third kappa shape index (κ3) is 2.84. The number of methoxy groups -OCH3 is 2. The van der Waals surface area contributed by atoms with E-state index in [0.717, 1.165) is 43.5 Å². The molecule has 1 aromatic rings. The highest BCUT2D eigenvalue weighted by atomic mass is 16.5. The number of nitrogens with zero attached hydrogens (tertiary/aromatic N) is 1. The summed E-state index contributed by atoms with van der Waals surface area (Å²) in [6.45, 7) is 2.11. The molecule has 1 aromatic carbocycles. The molecule has 1 heterocycles. The molecule has 2 aliphatic rings. The van der Waals surface area contributed by atoms with Gasteiger partial charge in [0, 0.05) is 5.56 Å². The van der Waals surface area contributed by atoms with Crippen LogP contribution in [0.25, 0.3) is 0 Å². The Hall–Kier alpha value is -1.55. The minimum Gasteiger partial charge on any atom is -0.493 e. The van der Waals surface area contributed by atoms with E-state index < -0.39 is 0 Å². The highest BCUT2D eigenvalue weighted by Crippen LogP contribution is 2.34. The first-order chi connectivity index (χ1) is 10.7. The molecule has 0 unspecified atom stereocenters. The normalized spacial score (nSPS) is 22.8. The van der Waals surface area contributed by atoms with Crippen LogP contribution in [0.4, 0.5) is 0 Å². The Kier molecular flexibility index (Phi) is 4.67. The van der Waals surface area contributed by atoms with Crippen LogP contribution in [-0.2, 0) is 6.42 Å². The van der Waals surface area contributed by atoms with E-state index in [9.17, 15) is 4.79 Å². The molecule has 1 fully saturated rings. The fourth-order valence-electron chi connectivity index (χ4n) is 3.73. The highest BCUT2D eigenvalue weighted by Gasteiger charge is 2.31. The van der Waals surface area contributed by atoms with Gasteiger partial charge in [-0.2, -0.15) is 0 Å². The minimum atomic E-state index is 0.0413. The summed E-state index contributed by atoms with van der Waals surface area (Å²) in [6, 6.07) is 3.89. The number of carbonyl (C=O) groups is 1. The maximum absolute atomic E-state index is 13.1. The fraction of sp³-hybridized carbons (Fsp3) is 0.611. The van der Waals surface area contributed by atoms with Crippen molar-refractivity contribution in [1.82, 2.24) is 4.90 Å². The van der Waals surface area contributed by atoms with Crippen LogP contribution < -0.4 is 9.47 Å². The van der Waals surface area contributed by atoms with Gasteiger partial charge in [0.2, 0.25) is 0 Å². The van der Waals surface area contributed by atoms with Crippen LogP contribution in [0, 0.1) is 0 Å². The predicted octanol–water partition coefficient (Wildman–Crippen LogP) is 3.08. The zero-order valence-corrected chi connectivity index (χ0v) is 13.6. The van der Waals surface area contributed by atoms with Crippen molar-refractivity contribution in [2.45, 2.75) is 44.6 Å². The van der Waals surface area contributed by atoms with Crippen molar-refractivity contribution in [3.63, 3.8) is 0 Å². The summed E-state index contributed by atoms with van der Waals surface area (Å²) in [5, 5.41) is 0. The third-order valence-corrected chi connectivity index (χ3v) is 4.93. The molecule has 1 atom stereocenters. The molecule has 0 radical (unpaired) electrons. The molecule has 0 aromatic heterocycles. The van der Waals surface area contributed by atoms with Crippen molar-refractivity contribution in [1.29, 1.82) is 0 Å². The second-order valence-electron chi connectivity index (χ2n) is 6.23. The average Bonchev–Trinajstić information content (AvgIpc) is 2.73. The summed E-state index contributed by atoms with van der Waals surface area (Å²) in [5.41, 5.74) is 1.92. The molecule has 4 heteroatoms. The van der Waals surface area contributed by atoms with Crippen LogP contribution >= 0.6 is 0 Å². The molecule has 22 heavy (non-hydrogen) atoms. The van der Waals surface area contributed by atoms with Crippen LogP contribution in [0.5, 0.6) is 11.5 Å². The van der Waals surface area contributed by atoms with E-state index in [4.69, 9.17) is 9.47 Å². The maximum Gasteiger partial charge on any atom is 0.180 e. The Morgan fingerprint density at radius 3 is 2.36 bits per heavy atom. The summed E-state index contributed by atoms with van der Waals surface area (Å²) in [6.07, 6.45) is 6.66. The number of ether oxygens (including phenoxy) is 2. The summed E-state index contributed by atoms with van der Waals surface area (Å²) in [7, 11) is 3.26. The third-order valence-electron chi connectivity index (χ3n) is 4.93. The average molecular weight is 303 g/mol. The second-order valence-corrected chi connectivity index (χ2v) is 6.23. The molecule has 0 bridgehead atoms. The number of rotatable bonds is 3. The first kappa shape index (κ1) is 15.3. The van der Waals surface area contributed by atoms with E-state index in [1.807, 2.05) is 12.1 Å². The molecular weight excluding hydrogens is 278 g/mol. The monoisotopic (exact) mass is 303 g/mol. The van der Waals surface area contributed by atoms with Crippen molar-refractivity contribution >= 4 is 5.78 Å². The number of hydrogen-bond acceptors (Lipinski definition) is 4. The Morgan fingerprint density at radius 1 is 1.00 bits per heavy atom. The standard InChI is InChI=1S/C18H25NO3/c1-21-16-11-13-7-6-8-15(19-9-4-3-5-10-19)18(20)14(13)12-17(16)22-2/h11-12,15H,3-10H2,1-2H3/t15-/m0/s1. The van der Waals surface area contributed by atoms with Gasteiger partial charge in [-0.1, -0.05) is 6.42 Å². The number of hydrogen-bond donors (Lipinski definition) is 0. The number of Topliss-reactive ketones (excluding diaryl/α,β-unsaturated/α-hetero) is 1. The van der Waals surface area contributed by atoms with Gasteiger partial charge < -0.3 is 9.47 Å². The number of fused-ring (bicyclic) bond motifs is 1. The molecule has 0 saturated carbocycles. The lowest BCUT2D eigenvalue weighted by Gasteiger charge is -2.33. The number of piperidine rings is 1. The number of aryl methyl sites for hydroxylation is 1.